The molecule has 3 aromatic carbocycles. The average molecular weight is 450 g/mol. The number of amides is 1. The van der Waals surface area contributed by atoms with Crippen molar-refractivity contribution in [2.75, 3.05) is 19.5 Å². The van der Waals surface area contributed by atoms with E-state index in [0.717, 1.165) is 5.56 Å². The van der Waals surface area contributed by atoms with Crippen LogP contribution in [0.2, 0.25) is 0 Å². The average Bonchev–Trinajstić information content (AvgIpc) is 2.84. The van der Waals surface area contributed by atoms with Gasteiger partial charge < -0.3 is 24.3 Å². The predicted molar refractivity (Wildman–Crippen MR) is 125 cm³/mol. The third-order valence-corrected chi connectivity index (χ3v) is 4.84. The summed E-state index contributed by atoms with van der Waals surface area (Å²) in [5.41, 5.74) is 2.34. The molecule has 7 nitrogen and oxygen atoms in total. The van der Waals surface area contributed by atoms with Gasteiger partial charge >= 0.3 is 5.97 Å². The quantitative estimate of drug-likeness (QED) is 0.462. The second-order valence-electron chi connectivity index (χ2n) is 7.29. The number of methoxy groups -OCH3 is 2. The molecule has 7 heteroatoms. The molecule has 0 saturated heterocycles. The molecule has 0 bridgehead atoms. The lowest BCUT2D eigenvalue weighted by Crippen LogP contribution is -2.30. The van der Waals surface area contributed by atoms with E-state index in [-0.39, 0.29) is 6.42 Å². The highest BCUT2D eigenvalue weighted by molar-refractivity contribution is 5.95. The Labute approximate surface area is 193 Å². The van der Waals surface area contributed by atoms with Crippen LogP contribution in [0.15, 0.2) is 72.8 Å². The fourth-order valence-corrected chi connectivity index (χ4v) is 3.07. The minimum absolute atomic E-state index is 0.00538. The van der Waals surface area contributed by atoms with Crippen molar-refractivity contribution in [3.8, 4) is 17.2 Å². The van der Waals surface area contributed by atoms with Crippen LogP contribution in [0.25, 0.3) is 0 Å². The summed E-state index contributed by atoms with van der Waals surface area (Å²) in [5.74, 6) is 0.832. The first-order chi connectivity index (χ1) is 16.0. The normalized spacial score (nSPS) is 11.2. The van der Waals surface area contributed by atoms with Crippen molar-refractivity contribution in [2.45, 2.75) is 26.1 Å². The summed E-state index contributed by atoms with van der Waals surface area (Å²) in [6.45, 7) is 1.98. The summed E-state index contributed by atoms with van der Waals surface area (Å²) in [6.07, 6.45) is -0.947. The standard InChI is InChI=1S/C26H27NO6/c1-18(33-25(28)16-20-9-14-23(30-2)24(15-20)31-3)26(29)27-21-10-12-22(13-11-21)32-17-19-7-5-4-6-8-19/h4-15,18H,16-17H2,1-3H3,(H,27,29). The van der Waals surface area contributed by atoms with Crippen molar-refractivity contribution in [3.05, 3.63) is 83.9 Å². The molecule has 0 heterocycles. The molecule has 172 valence electrons. The first kappa shape index (κ1) is 23.7. The highest BCUT2D eigenvalue weighted by atomic mass is 16.5. The van der Waals surface area contributed by atoms with Gasteiger partial charge in [0, 0.05) is 5.69 Å². The zero-order valence-corrected chi connectivity index (χ0v) is 18.9. The lowest BCUT2D eigenvalue weighted by atomic mass is 10.1. The van der Waals surface area contributed by atoms with Crippen LogP contribution >= 0.6 is 0 Å². The van der Waals surface area contributed by atoms with Gasteiger partial charge in [-0.05, 0) is 54.4 Å². The van der Waals surface area contributed by atoms with Crippen LogP contribution < -0.4 is 19.5 Å². The number of esters is 1. The molecule has 0 aliphatic carbocycles. The van der Waals surface area contributed by atoms with Crippen LogP contribution in [-0.2, 0) is 27.4 Å². The number of carbonyl (C=O) groups is 2. The van der Waals surface area contributed by atoms with Gasteiger partial charge in [-0.25, -0.2) is 0 Å². The van der Waals surface area contributed by atoms with E-state index in [1.165, 1.54) is 21.1 Å². The number of carbonyl (C=O) groups excluding carboxylic acids is 2. The number of nitrogens with one attached hydrogen (secondary N) is 1. The summed E-state index contributed by atoms with van der Waals surface area (Å²) < 4.78 is 21.5. The molecule has 1 N–H and O–H groups in total. The van der Waals surface area contributed by atoms with E-state index in [1.807, 2.05) is 30.3 Å². The molecular weight excluding hydrogens is 422 g/mol. The Balaban J connectivity index is 1.48. The summed E-state index contributed by atoms with van der Waals surface area (Å²) in [5, 5.41) is 2.74. The largest absolute Gasteiger partial charge is 0.493 e. The summed E-state index contributed by atoms with van der Waals surface area (Å²) in [6, 6.07) is 22.0. The molecule has 0 fully saturated rings. The maximum Gasteiger partial charge on any atom is 0.311 e. The number of anilines is 1. The van der Waals surface area contributed by atoms with E-state index in [4.69, 9.17) is 18.9 Å². The van der Waals surface area contributed by atoms with E-state index >= 15 is 0 Å². The summed E-state index contributed by atoms with van der Waals surface area (Å²) >= 11 is 0. The van der Waals surface area contributed by atoms with Crippen LogP contribution in [0.3, 0.4) is 0 Å². The molecule has 0 aromatic heterocycles. The molecule has 1 atom stereocenters. The first-order valence-electron chi connectivity index (χ1n) is 10.5. The van der Waals surface area contributed by atoms with Crippen LogP contribution in [0, 0.1) is 0 Å². The molecule has 0 aliphatic heterocycles. The van der Waals surface area contributed by atoms with Gasteiger partial charge in [0.25, 0.3) is 5.91 Å². The third-order valence-electron chi connectivity index (χ3n) is 4.84. The Hall–Kier alpha value is -4.00. The minimum Gasteiger partial charge on any atom is -0.493 e. The highest BCUT2D eigenvalue weighted by Crippen LogP contribution is 2.27. The fraction of sp³-hybridized carbons (Fsp3) is 0.231. The number of hydrogen-bond acceptors (Lipinski definition) is 6. The molecule has 3 rings (SSSR count). The van der Waals surface area contributed by atoms with Gasteiger partial charge in [0.2, 0.25) is 0 Å². The van der Waals surface area contributed by atoms with E-state index in [9.17, 15) is 9.59 Å². The Morgan fingerprint density at radius 2 is 1.55 bits per heavy atom. The Bertz CT molecular complexity index is 1070. The van der Waals surface area contributed by atoms with Crippen molar-refractivity contribution in [1.82, 2.24) is 0 Å². The molecule has 0 saturated carbocycles. The first-order valence-corrected chi connectivity index (χ1v) is 10.5. The molecule has 1 amide bonds. The van der Waals surface area contributed by atoms with Crippen LogP contribution in [0.4, 0.5) is 5.69 Å². The van der Waals surface area contributed by atoms with Crippen molar-refractivity contribution in [1.29, 1.82) is 0 Å². The zero-order valence-electron chi connectivity index (χ0n) is 18.9. The van der Waals surface area contributed by atoms with Crippen LogP contribution in [0.1, 0.15) is 18.1 Å². The molecule has 0 radical (unpaired) electrons. The van der Waals surface area contributed by atoms with Crippen molar-refractivity contribution in [3.63, 3.8) is 0 Å². The minimum atomic E-state index is -0.952. The van der Waals surface area contributed by atoms with Crippen molar-refractivity contribution < 1.29 is 28.5 Å². The maximum absolute atomic E-state index is 12.4. The van der Waals surface area contributed by atoms with Crippen LogP contribution in [-0.4, -0.2) is 32.2 Å². The molecule has 0 spiro atoms. The summed E-state index contributed by atoms with van der Waals surface area (Å²) in [7, 11) is 3.06. The van der Waals surface area contributed by atoms with Gasteiger partial charge in [-0.3, -0.25) is 9.59 Å². The lowest BCUT2D eigenvalue weighted by molar-refractivity contribution is -0.152. The Morgan fingerprint density at radius 3 is 2.21 bits per heavy atom. The van der Waals surface area contributed by atoms with Crippen molar-refractivity contribution in [2.24, 2.45) is 0 Å². The Kier molecular flexibility index (Phi) is 8.30. The highest BCUT2D eigenvalue weighted by Gasteiger charge is 2.19. The predicted octanol–water partition coefficient (Wildman–Crippen LogP) is 4.40. The van der Waals surface area contributed by atoms with Gasteiger partial charge in [0.05, 0.1) is 20.6 Å². The zero-order chi connectivity index (χ0) is 23.6. The van der Waals surface area contributed by atoms with Gasteiger partial charge in [-0.15, -0.1) is 0 Å². The summed E-state index contributed by atoms with van der Waals surface area (Å²) in [4.78, 5) is 24.7. The van der Waals surface area contributed by atoms with E-state index < -0.39 is 18.0 Å². The molecule has 33 heavy (non-hydrogen) atoms. The van der Waals surface area contributed by atoms with E-state index in [2.05, 4.69) is 5.32 Å². The molecule has 1 unspecified atom stereocenters. The SMILES string of the molecule is COc1ccc(CC(=O)OC(C)C(=O)Nc2ccc(OCc3ccccc3)cc2)cc1OC. The third kappa shape index (κ3) is 7.00. The smallest absolute Gasteiger partial charge is 0.311 e. The molecule has 3 aromatic rings. The van der Waals surface area contributed by atoms with Gasteiger partial charge in [-0.1, -0.05) is 36.4 Å². The maximum atomic E-state index is 12.4. The van der Waals surface area contributed by atoms with Gasteiger partial charge in [0.1, 0.15) is 12.4 Å². The number of ether oxygens (including phenoxy) is 4. The topological polar surface area (TPSA) is 83.1 Å². The van der Waals surface area contributed by atoms with E-state index in [0.29, 0.717) is 35.1 Å². The lowest BCUT2D eigenvalue weighted by Gasteiger charge is -2.14. The number of hydrogen-bond donors (Lipinski definition) is 1. The van der Waals surface area contributed by atoms with E-state index in [1.54, 1.807) is 42.5 Å². The fourth-order valence-electron chi connectivity index (χ4n) is 3.07. The van der Waals surface area contributed by atoms with Crippen molar-refractivity contribution >= 4 is 17.6 Å². The Morgan fingerprint density at radius 1 is 0.848 bits per heavy atom. The van der Waals surface area contributed by atoms with Gasteiger partial charge in [0.15, 0.2) is 17.6 Å². The van der Waals surface area contributed by atoms with Crippen LogP contribution in [0.5, 0.6) is 17.2 Å². The number of benzene rings is 3. The number of rotatable bonds is 10. The molecular formula is C26H27NO6. The molecule has 0 aliphatic rings. The second kappa shape index (κ2) is 11.6. The second-order valence-corrected chi connectivity index (χ2v) is 7.29. The monoisotopic (exact) mass is 449 g/mol. The van der Waals surface area contributed by atoms with Gasteiger partial charge in [-0.2, -0.15) is 0 Å².